The molecule has 0 radical (unpaired) electrons. The maximum atomic E-state index is 13.3. The molecular weight excluding hydrogens is 403 g/mol. The highest BCUT2D eigenvalue weighted by Gasteiger charge is 2.37. The van der Waals surface area contributed by atoms with Crippen LogP contribution in [0.25, 0.3) is 0 Å². The lowest BCUT2D eigenvalue weighted by Gasteiger charge is -2.37. The van der Waals surface area contributed by atoms with Crippen LogP contribution in [0.15, 0.2) is 24.3 Å². The molecule has 0 bridgehead atoms. The topological polar surface area (TPSA) is 78.9 Å². The maximum absolute atomic E-state index is 13.3. The summed E-state index contributed by atoms with van der Waals surface area (Å²) in [6.45, 7) is 5.40. The maximum Gasteiger partial charge on any atom is 0.311 e. The molecule has 1 aliphatic rings. The Hall–Kier alpha value is -2.44. The Balaban J connectivity index is 1.78. The van der Waals surface area contributed by atoms with Crippen molar-refractivity contribution >= 4 is 17.9 Å². The molecule has 0 aromatic heterocycles. The van der Waals surface area contributed by atoms with E-state index in [0.717, 1.165) is 24.8 Å². The summed E-state index contributed by atoms with van der Waals surface area (Å²) in [4.78, 5) is 36.2. The van der Waals surface area contributed by atoms with Gasteiger partial charge in [0.15, 0.2) is 0 Å². The molecule has 172 valence electrons. The first kappa shape index (κ1) is 24.8. The second-order valence-electron chi connectivity index (χ2n) is 8.63. The summed E-state index contributed by atoms with van der Waals surface area (Å²) in [6, 6.07) is 6.04. The summed E-state index contributed by atoms with van der Waals surface area (Å²) in [5, 5.41) is 0. The third-order valence-corrected chi connectivity index (χ3v) is 5.89. The van der Waals surface area contributed by atoms with Crippen molar-refractivity contribution in [1.29, 1.82) is 0 Å². The predicted molar refractivity (Wildman–Crippen MR) is 112 cm³/mol. The molecule has 0 aliphatic heterocycles. The Bertz CT molecular complexity index is 750. The molecule has 31 heavy (non-hydrogen) atoms. The Morgan fingerprint density at radius 2 is 1.52 bits per heavy atom. The number of rotatable bonds is 10. The van der Waals surface area contributed by atoms with E-state index in [1.54, 1.807) is 26.0 Å². The second kappa shape index (κ2) is 11.3. The minimum atomic E-state index is -0.771. The van der Waals surface area contributed by atoms with E-state index in [-0.39, 0.29) is 37.8 Å². The zero-order chi connectivity index (χ0) is 22.9. The molecule has 0 saturated heterocycles. The zero-order valence-corrected chi connectivity index (χ0v) is 18.7. The fraction of sp³-hybridized carbons (Fsp3) is 0.625. The van der Waals surface area contributed by atoms with Crippen LogP contribution in [0.5, 0.6) is 0 Å². The molecule has 7 heteroatoms. The molecular formula is C24H33FO6. The molecule has 1 aliphatic carbocycles. The van der Waals surface area contributed by atoms with E-state index in [2.05, 4.69) is 0 Å². The molecule has 1 aromatic rings. The fourth-order valence-corrected chi connectivity index (χ4v) is 3.50. The SMILES string of the molecule is CCC(C)(C)C(=O)OCCOC(=O)CCC(=O)OC1(c2ccc(F)cc2)CCCCC1. The van der Waals surface area contributed by atoms with Gasteiger partial charge in [-0.1, -0.05) is 25.5 Å². The number of hydrogen-bond donors (Lipinski definition) is 0. The molecule has 1 fully saturated rings. The minimum absolute atomic E-state index is 0.0217. The second-order valence-corrected chi connectivity index (χ2v) is 8.63. The van der Waals surface area contributed by atoms with Gasteiger partial charge in [-0.2, -0.15) is 0 Å². The van der Waals surface area contributed by atoms with Crippen LogP contribution in [0.1, 0.15) is 77.7 Å². The standard InChI is InChI=1S/C24H33FO6/c1-4-23(2,3)22(28)30-17-16-29-20(26)12-13-21(27)31-24(14-6-5-7-15-24)18-8-10-19(25)11-9-18/h8-11H,4-7,12-17H2,1-3H3. The molecule has 6 nitrogen and oxygen atoms in total. The van der Waals surface area contributed by atoms with Crippen LogP contribution >= 0.6 is 0 Å². The molecule has 0 spiro atoms. The first-order valence-electron chi connectivity index (χ1n) is 11.0. The van der Waals surface area contributed by atoms with Crippen LogP contribution in [0.2, 0.25) is 0 Å². The summed E-state index contributed by atoms with van der Waals surface area (Å²) in [6.07, 6.45) is 4.67. The number of esters is 3. The molecule has 0 unspecified atom stereocenters. The number of halogens is 1. The Morgan fingerprint density at radius 1 is 0.935 bits per heavy atom. The van der Waals surface area contributed by atoms with Gasteiger partial charge in [0.05, 0.1) is 18.3 Å². The van der Waals surface area contributed by atoms with Crippen molar-refractivity contribution in [2.45, 2.75) is 77.7 Å². The van der Waals surface area contributed by atoms with E-state index in [9.17, 15) is 18.8 Å². The third-order valence-electron chi connectivity index (χ3n) is 5.89. The van der Waals surface area contributed by atoms with Gasteiger partial charge in [0.25, 0.3) is 0 Å². The lowest BCUT2D eigenvalue weighted by molar-refractivity contribution is -0.167. The van der Waals surface area contributed by atoms with Crippen molar-refractivity contribution in [2.24, 2.45) is 5.41 Å². The predicted octanol–water partition coefficient (Wildman–Crippen LogP) is 4.83. The van der Waals surface area contributed by atoms with E-state index in [4.69, 9.17) is 14.2 Å². The van der Waals surface area contributed by atoms with E-state index >= 15 is 0 Å². The zero-order valence-electron chi connectivity index (χ0n) is 18.7. The summed E-state index contributed by atoms with van der Waals surface area (Å²) >= 11 is 0. The van der Waals surface area contributed by atoms with Crippen LogP contribution in [-0.2, 0) is 34.2 Å². The largest absolute Gasteiger partial charge is 0.462 e. The van der Waals surface area contributed by atoms with Crippen molar-refractivity contribution in [2.75, 3.05) is 13.2 Å². The molecule has 1 saturated carbocycles. The number of carbonyl (C=O) groups is 3. The Kier molecular flexibility index (Phi) is 9.01. The molecule has 0 amide bonds. The number of carbonyl (C=O) groups excluding carboxylic acids is 3. The van der Waals surface area contributed by atoms with Crippen molar-refractivity contribution in [3.8, 4) is 0 Å². The van der Waals surface area contributed by atoms with E-state index < -0.39 is 23.0 Å². The molecule has 0 heterocycles. The molecule has 1 aromatic carbocycles. The first-order valence-corrected chi connectivity index (χ1v) is 11.0. The molecule has 0 atom stereocenters. The number of hydrogen-bond acceptors (Lipinski definition) is 6. The molecule has 2 rings (SSSR count). The van der Waals surface area contributed by atoms with Gasteiger partial charge >= 0.3 is 17.9 Å². The highest BCUT2D eigenvalue weighted by atomic mass is 19.1. The van der Waals surface area contributed by atoms with Gasteiger partial charge in [0, 0.05) is 0 Å². The smallest absolute Gasteiger partial charge is 0.311 e. The average molecular weight is 437 g/mol. The van der Waals surface area contributed by atoms with Crippen LogP contribution in [0, 0.1) is 11.2 Å². The van der Waals surface area contributed by atoms with Gasteiger partial charge in [-0.3, -0.25) is 14.4 Å². The summed E-state index contributed by atoms with van der Waals surface area (Å²) < 4.78 is 29.3. The van der Waals surface area contributed by atoms with Crippen LogP contribution in [0.3, 0.4) is 0 Å². The fourth-order valence-electron chi connectivity index (χ4n) is 3.50. The Morgan fingerprint density at radius 3 is 2.13 bits per heavy atom. The third kappa shape index (κ3) is 7.33. The van der Waals surface area contributed by atoms with E-state index in [1.165, 1.54) is 12.1 Å². The quantitative estimate of drug-likeness (QED) is 0.297. The lowest BCUT2D eigenvalue weighted by Crippen LogP contribution is -2.35. The number of ether oxygens (including phenoxy) is 3. The van der Waals surface area contributed by atoms with Gasteiger partial charge < -0.3 is 14.2 Å². The average Bonchev–Trinajstić information content (AvgIpc) is 2.76. The summed E-state index contributed by atoms with van der Waals surface area (Å²) in [5.41, 5.74) is -0.568. The van der Waals surface area contributed by atoms with Crippen LogP contribution < -0.4 is 0 Å². The van der Waals surface area contributed by atoms with Crippen molar-refractivity contribution in [1.82, 2.24) is 0 Å². The van der Waals surface area contributed by atoms with E-state index in [1.807, 2.05) is 6.92 Å². The van der Waals surface area contributed by atoms with Crippen molar-refractivity contribution < 1.29 is 33.0 Å². The highest BCUT2D eigenvalue weighted by Crippen LogP contribution is 2.41. The normalized spacial score (nSPS) is 15.7. The van der Waals surface area contributed by atoms with Crippen LogP contribution in [0.4, 0.5) is 4.39 Å². The lowest BCUT2D eigenvalue weighted by atomic mass is 9.79. The van der Waals surface area contributed by atoms with Crippen molar-refractivity contribution in [3.05, 3.63) is 35.6 Å². The molecule has 0 N–H and O–H groups in total. The van der Waals surface area contributed by atoms with Crippen LogP contribution in [-0.4, -0.2) is 31.1 Å². The minimum Gasteiger partial charge on any atom is -0.462 e. The number of benzene rings is 1. The van der Waals surface area contributed by atoms with E-state index in [0.29, 0.717) is 19.3 Å². The van der Waals surface area contributed by atoms with Gasteiger partial charge in [-0.05, 0) is 63.6 Å². The first-order chi connectivity index (χ1) is 14.7. The summed E-state index contributed by atoms with van der Waals surface area (Å²) in [7, 11) is 0. The highest BCUT2D eigenvalue weighted by molar-refractivity contribution is 5.78. The van der Waals surface area contributed by atoms with Gasteiger partial charge in [0.1, 0.15) is 24.6 Å². The monoisotopic (exact) mass is 436 g/mol. The van der Waals surface area contributed by atoms with Gasteiger partial charge in [-0.15, -0.1) is 0 Å². The Labute approximate surface area is 183 Å². The van der Waals surface area contributed by atoms with Gasteiger partial charge in [0.2, 0.25) is 0 Å². The van der Waals surface area contributed by atoms with Gasteiger partial charge in [-0.25, -0.2) is 4.39 Å². The summed E-state index contributed by atoms with van der Waals surface area (Å²) in [5.74, 6) is -1.72. The van der Waals surface area contributed by atoms with Crippen molar-refractivity contribution in [3.63, 3.8) is 0 Å².